The highest BCUT2D eigenvalue weighted by Gasteiger charge is 1.91. The van der Waals surface area contributed by atoms with Crippen LogP contribution in [-0.4, -0.2) is 29.9 Å². The zero-order chi connectivity index (χ0) is 8.85. The van der Waals surface area contributed by atoms with Gasteiger partial charge in [-0.1, -0.05) is 12.2 Å². The van der Waals surface area contributed by atoms with E-state index in [9.17, 15) is 4.79 Å². The van der Waals surface area contributed by atoms with Crippen LogP contribution in [0.25, 0.3) is 0 Å². The first-order valence-electron chi connectivity index (χ1n) is 3.18. The fraction of sp³-hybridized carbons (Fsp3) is 0.429. The number of nitrogens with zero attached hydrogens (tertiary/aromatic N) is 1. The lowest BCUT2D eigenvalue weighted by atomic mass is 10.5. The van der Waals surface area contributed by atoms with E-state index in [1.54, 1.807) is 12.3 Å². The monoisotopic (exact) mass is 172 g/mol. The van der Waals surface area contributed by atoms with Gasteiger partial charge in [-0.25, -0.2) is 0 Å². The lowest BCUT2D eigenvalue weighted by molar-refractivity contribution is -0.117. The average molecular weight is 172 g/mol. The van der Waals surface area contributed by atoms with Crippen molar-refractivity contribution >= 4 is 23.1 Å². The van der Waals surface area contributed by atoms with Crippen molar-refractivity contribution in [2.45, 2.75) is 6.92 Å². The van der Waals surface area contributed by atoms with Crippen molar-refractivity contribution in [3.8, 4) is 0 Å². The van der Waals surface area contributed by atoms with E-state index in [1.807, 2.05) is 19.0 Å². The Balaban J connectivity index is 3.78. The van der Waals surface area contributed by atoms with Gasteiger partial charge in [0.25, 0.3) is 0 Å². The molecule has 1 amide bonds. The molecule has 0 saturated heterocycles. The van der Waals surface area contributed by atoms with E-state index in [4.69, 9.17) is 12.2 Å². The largest absolute Gasteiger partial charge is 0.383 e. The van der Waals surface area contributed by atoms with Crippen molar-refractivity contribution in [1.29, 1.82) is 0 Å². The molecule has 0 aliphatic rings. The van der Waals surface area contributed by atoms with E-state index in [1.165, 1.54) is 6.92 Å². The van der Waals surface area contributed by atoms with Crippen LogP contribution in [0.2, 0.25) is 0 Å². The summed E-state index contributed by atoms with van der Waals surface area (Å²) in [6.45, 7) is 1.43. The molecule has 0 aromatic heterocycles. The van der Waals surface area contributed by atoms with Crippen LogP contribution in [0.15, 0.2) is 12.3 Å². The van der Waals surface area contributed by atoms with Gasteiger partial charge in [-0.05, 0) is 6.08 Å². The van der Waals surface area contributed by atoms with Gasteiger partial charge in [0.1, 0.15) is 4.99 Å². The topological polar surface area (TPSA) is 32.3 Å². The smallest absolute Gasteiger partial charge is 0.221 e. The Morgan fingerprint density at radius 2 is 2.09 bits per heavy atom. The second kappa shape index (κ2) is 4.85. The molecule has 0 rings (SSSR count). The second-order valence-corrected chi connectivity index (χ2v) is 2.76. The van der Waals surface area contributed by atoms with Gasteiger partial charge in [0.2, 0.25) is 5.91 Å². The Hall–Kier alpha value is -0.900. The molecule has 0 heterocycles. The average Bonchev–Trinajstić information content (AvgIpc) is 1.82. The fourth-order valence-electron chi connectivity index (χ4n) is 0.432. The second-order valence-electron chi connectivity index (χ2n) is 2.32. The number of hydrogen-bond donors (Lipinski definition) is 1. The first kappa shape index (κ1) is 10.1. The third kappa shape index (κ3) is 6.99. The zero-order valence-corrected chi connectivity index (χ0v) is 7.73. The van der Waals surface area contributed by atoms with Crippen LogP contribution >= 0.6 is 12.2 Å². The molecular formula is C7H12N2OS. The van der Waals surface area contributed by atoms with Gasteiger partial charge >= 0.3 is 0 Å². The van der Waals surface area contributed by atoms with Crippen LogP contribution in [0, 0.1) is 0 Å². The summed E-state index contributed by atoms with van der Waals surface area (Å²) in [4.78, 5) is 12.7. The summed E-state index contributed by atoms with van der Waals surface area (Å²) in [6, 6.07) is 0. The lowest BCUT2D eigenvalue weighted by Gasteiger charge is -2.03. The number of amides is 1. The van der Waals surface area contributed by atoms with Crippen LogP contribution in [0.4, 0.5) is 0 Å². The molecule has 0 bridgehead atoms. The first-order valence-corrected chi connectivity index (χ1v) is 3.59. The number of thiocarbonyl (C=S) groups is 1. The van der Waals surface area contributed by atoms with Crippen molar-refractivity contribution in [3.63, 3.8) is 0 Å². The van der Waals surface area contributed by atoms with E-state index in [-0.39, 0.29) is 5.91 Å². The van der Waals surface area contributed by atoms with Crippen LogP contribution in [-0.2, 0) is 4.79 Å². The highest BCUT2D eigenvalue weighted by Crippen LogP contribution is 1.80. The van der Waals surface area contributed by atoms with Crippen molar-refractivity contribution in [2.24, 2.45) is 0 Å². The molecule has 0 saturated carbocycles. The molecule has 0 radical (unpaired) electrons. The van der Waals surface area contributed by atoms with Crippen LogP contribution < -0.4 is 5.32 Å². The molecule has 0 aliphatic heterocycles. The van der Waals surface area contributed by atoms with Gasteiger partial charge in [0, 0.05) is 27.2 Å². The number of rotatable bonds is 2. The minimum absolute atomic E-state index is 0.140. The Morgan fingerprint density at radius 3 is 2.45 bits per heavy atom. The maximum atomic E-state index is 10.5. The number of nitrogens with one attached hydrogen (secondary N) is 1. The molecule has 11 heavy (non-hydrogen) atoms. The van der Waals surface area contributed by atoms with Crippen LogP contribution in [0.3, 0.4) is 0 Å². The predicted octanol–water partition coefficient (Wildman–Crippen LogP) is 0.525. The minimum atomic E-state index is -0.140. The fourth-order valence-corrected chi connectivity index (χ4v) is 0.637. The zero-order valence-electron chi connectivity index (χ0n) is 6.92. The van der Waals surface area contributed by atoms with E-state index >= 15 is 0 Å². The first-order chi connectivity index (χ1) is 5.02. The van der Waals surface area contributed by atoms with Gasteiger partial charge in [-0.2, -0.15) is 0 Å². The molecule has 0 aliphatic carbocycles. The quantitative estimate of drug-likeness (QED) is 0.487. The Morgan fingerprint density at radius 1 is 1.55 bits per heavy atom. The summed E-state index contributed by atoms with van der Waals surface area (Å²) in [5.41, 5.74) is 0. The molecule has 0 spiro atoms. The number of hydrogen-bond acceptors (Lipinski definition) is 3. The number of carbonyl (C=O) groups excluding carboxylic acids is 1. The molecule has 0 fully saturated rings. The minimum Gasteiger partial charge on any atom is -0.383 e. The third-order valence-electron chi connectivity index (χ3n) is 0.823. The predicted molar refractivity (Wildman–Crippen MR) is 49.2 cm³/mol. The van der Waals surface area contributed by atoms with Crippen molar-refractivity contribution in [1.82, 2.24) is 10.2 Å². The molecule has 0 atom stereocenters. The van der Waals surface area contributed by atoms with E-state index in [0.717, 1.165) is 0 Å². The third-order valence-corrected chi connectivity index (χ3v) is 1.06. The lowest BCUT2D eigenvalue weighted by Crippen LogP contribution is -2.24. The molecule has 0 aromatic carbocycles. The van der Waals surface area contributed by atoms with Crippen molar-refractivity contribution < 1.29 is 4.79 Å². The Kier molecular flexibility index (Phi) is 4.45. The van der Waals surface area contributed by atoms with Gasteiger partial charge in [0.05, 0.1) is 0 Å². The normalized spacial score (nSPS) is 9.73. The van der Waals surface area contributed by atoms with Gasteiger partial charge < -0.3 is 10.2 Å². The molecule has 4 heteroatoms. The SMILES string of the molecule is CC(=O)NC(=S)/C=C/N(C)C. The highest BCUT2D eigenvalue weighted by atomic mass is 32.1. The standard InChI is InChI=1S/C7H12N2OS/c1-6(10)8-7(11)4-5-9(2)3/h4-5H,1-3H3,(H,8,10,11)/b5-4+. The van der Waals surface area contributed by atoms with E-state index in [0.29, 0.717) is 4.99 Å². The van der Waals surface area contributed by atoms with Crippen molar-refractivity contribution in [3.05, 3.63) is 12.3 Å². The highest BCUT2D eigenvalue weighted by molar-refractivity contribution is 7.80. The van der Waals surface area contributed by atoms with Crippen LogP contribution in [0.1, 0.15) is 6.92 Å². The van der Waals surface area contributed by atoms with Gasteiger partial charge in [-0.3, -0.25) is 4.79 Å². The number of carbonyl (C=O) groups is 1. The maximum absolute atomic E-state index is 10.5. The summed E-state index contributed by atoms with van der Waals surface area (Å²) < 4.78 is 0. The van der Waals surface area contributed by atoms with Gasteiger partial charge in [-0.15, -0.1) is 0 Å². The summed E-state index contributed by atoms with van der Waals surface area (Å²) in [6.07, 6.45) is 3.44. The molecular weight excluding hydrogens is 160 g/mol. The molecule has 62 valence electrons. The van der Waals surface area contributed by atoms with E-state index < -0.39 is 0 Å². The molecule has 0 unspecified atom stereocenters. The van der Waals surface area contributed by atoms with Gasteiger partial charge in [0.15, 0.2) is 0 Å². The molecule has 1 N–H and O–H groups in total. The molecule has 3 nitrogen and oxygen atoms in total. The summed E-state index contributed by atoms with van der Waals surface area (Å²) in [5.74, 6) is -0.140. The maximum Gasteiger partial charge on any atom is 0.221 e. The van der Waals surface area contributed by atoms with Crippen molar-refractivity contribution in [2.75, 3.05) is 14.1 Å². The summed E-state index contributed by atoms with van der Waals surface area (Å²) in [7, 11) is 3.76. The molecule has 0 aromatic rings. The Bertz CT molecular complexity index is 187. The van der Waals surface area contributed by atoms with Crippen LogP contribution in [0.5, 0.6) is 0 Å². The summed E-state index contributed by atoms with van der Waals surface area (Å²) in [5, 5.41) is 2.48. The summed E-state index contributed by atoms with van der Waals surface area (Å²) >= 11 is 4.80. The van der Waals surface area contributed by atoms with E-state index in [2.05, 4.69) is 5.32 Å². The Labute approximate surface area is 72.1 Å².